The third-order valence-electron chi connectivity index (χ3n) is 5.41. The molecule has 1 saturated heterocycles. The van der Waals surface area contributed by atoms with Gasteiger partial charge < -0.3 is 9.31 Å². The standard InChI is InChI=1S/C12H21BO2/c1-8-10-6-9(12(10,2)3)7-11(8)13-14-4-5-15-13/h8-11H,4-7H2,1-3H3/t8-,9+,10-,11-/m1/s1. The molecule has 0 unspecified atom stereocenters. The van der Waals surface area contributed by atoms with Crippen LogP contribution in [0.1, 0.15) is 33.6 Å². The highest BCUT2D eigenvalue weighted by Gasteiger charge is 2.59. The summed E-state index contributed by atoms with van der Waals surface area (Å²) in [5, 5.41) is 0. The molecule has 3 aliphatic carbocycles. The van der Waals surface area contributed by atoms with Crippen molar-refractivity contribution in [1.29, 1.82) is 0 Å². The van der Waals surface area contributed by atoms with Crippen molar-refractivity contribution in [1.82, 2.24) is 0 Å². The van der Waals surface area contributed by atoms with Gasteiger partial charge in [0.25, 0.3) is 0 Å². The second kappa shape index (κ2) is 3.24. The van der Waals surface area contributed by atoms with Crippen LogP contribution in [-0.2, 0) is 9.31 Å². The van der Waals surface area contributed by atoms with Gasteiger partial charge in [-0.1, -0.05) is 20.8 Å². The molecule has 3 heteroatoms. The van der Waals surface area contributed by atoms with E-state index in [-0.39, 0.29) is 7.12 Å². The van der Waals surface area contributed by atoms with Gasteiger partial charge in [-0.2, -0.15) is 0 Å². The number of hydrogen-bond donors (Lipinski definition) is 0. The third-order valence-corrected chi connectivity index (χ3v) is 5.41. The minimum Gasteiger partial charge on any atom is -0.409 e. The molecule has 2 bridgehead atoms. The van der Waals surface area contributed by atoms with E-state index in [2.05, 4.69) is 20.8 Å². The molecule has 0 aromatic carbocycles. The molecule has 4 aliphatic rings. The molecule has 84 valence electrons. The molecule has 4 rings (SSSR count). The van der Waals surface area contributed by atoms with E-state index in [4.69, 9.17) is 9.31 Å². The summed E-state index contributed by atoms with van der Waals surface area (Å²) in [5.74, 6) is 3.24. The van der Waals surface area contributed by atoms with Gasteiger partial charge in [-0.05, 0) is 41.8 Å². The van der Waals surface area contributed by atoms with Crippen LogP contribution in [0.3, 0.4) is 0 Å². The van der Waals surface area contributed by atoms with Gasteiger partial charge in [0, 0.05) is 0 Å². The predicted octanol–water partition coefficient (Wildman–Crippen LogP) is 2.59. The van der Waals surface area contributed by atoms with Crippen LogP contribution in [0.4, 0.5) is 0 Å². The maximum absolute atomic E-state index is 5.68. The Bertz CT molecular complexity index is 260. The van der Waals surface area contributed by atoms with Gasteiger partial charge in [0.05, 0.1) is 13.2 Å². The molecule has 0 aromatic rings. The molecule has 4 fully saturated rings. The lowest BCUT2D eigenvalue weighted by molar-refractivity contribution is -0.102. The monoisotopic (exact) mass is 208 g/mol. The summed E-state index contributed by atoms with van der Waals surface area (Å²) in [7, 11) is 0.112. The molecule has 0 spiro atoms. The molecule has 0 aromatic heterocycles. The lowest BCUT2D eigenvalue weighted by Gasteiger charge is -2.62. The van der Waals surface area contributed by atoms with Crippen molar-refractivity contribution < 1.29 is 9.31 Å². The number of hydrogen-bond acceptors (Lipinski definition) is 2. The fraction of sp³-hybridized carbons (Fsp3) is 1.00. The zero-order chi connectivity index (χ0) is 10.6. The Balaban J connectivity index is 1.74. The highest BCUT2D eigenvalue weighted by Crippen LogP contribution is 2.65. The van der Waals surface area contributed by atoms with E-state index in [1.165, 1.54) is 12.8 Å². The second-order valence-electron chi connectivity index (χ2n) is 6.23. The van der Waals surface area contributed by atoms with E-state index in [1.807, 2.05) is 0 Å². The topological polar surface area (TPSA) is 18.5 Å². The number of fused-ring (bicyclic) bond motifs is 2. The van der Waals surface area contributed by atoms with Gasteiger partial charge in [-0.25, -0.2) is 0 Å². The highest BCUT2D eigenvalue weighted by molar-refractivity contribution is 6.47. The summed E-state index contributed by atoms with van der Waals surface area (Å²) in [6.07, 6.45) is 2.76. The van der Waals surface area contributed by atoms with Crippen molar-refractivity contribution in [3.63, 3.8) is 0 Å². The minimum absolute atomic E-state index is 0.112. The summed E-state index contributed by atoms with van der Waals surface area (Å²) in [4.78, 5) is 0. The quantitative estimate of drug-likeness (QED) is 0.616. The SMILES string of the molecule is C[C@@H]1[C@H]2C[C@@H](C[C@H]1B1OCCO1)C2(C)C. The molecule has 0 radical (unpaired) electrons. The Hall–Kier alpha value is -0.0151. The van der Waals surface area contributed by atoms with Crippen molar-refractivity contribution in [2.24, 2.45) is 23.2 Å². The van der Waals surface area contributed by atoms with Gasteiger partial charge >= 0.3 is 7.12 Å². The van der Waals surface area contributed by atoms with E-state index in [0.29, 0.717) is 11.2 Å². The van der Waals surface area contributed by atoms with Crippen molar-refractivity contribution in [2.75, 3.05) is 13.2 Å². The van der Waals surface area contributed by atoms with Crippen LogP contribution in [0.15, 0.2) is 0 Å². The summed E-state index contributed by atoms with van der Waals surface area (Å²) in [6.45, 7) is 8.88. The third kappa shape index (κ3) is 1.32. The van der Waals surface area contributed by atoms with Crippen LogP contribution < -0.4 is 0 Å². The Kier molecular flexibility index (Phi) is 2.19. The Morgan fingerprint density at radius 3 is 2.33 bits per heavy atom. The van der Waals surface area contributed by atoms with E-state index in [1.54, 1.807) is 0 Å². The lowest BCUT2D eigenvalue weighted by atomic mass is 9.39. The minimum atomic E-state index is 0.112. The summed E-state index contributed by atoms with van der Waals surface area (Å²) < 4.78 is 11.4. The highest BCUT2D eigenvalue weighted by atomic mass is 16.6. The van der Waals surface area contributed by atoms with Crippen molar-refractivity contribution >= 4 is 7.12 Å². The first kappa shape index (κ1) is 10.2. The Labute approximate surface area is 92.9 Å². The molecule has 2 nitrogen and oxygen atoms in total. The maximum atomic E-state index is 5.68. The summed E-state index contributed by atoms with van der Waals surface area (Å²) in [5.41, 5.74) is 0.578. The van der Waals surface area contributed by atoms with Crippen LogP contribution in [0, 0.1) is 23.2 Å². The smallest absolute Gasteiger partial charge is 0.409 e. The van der Waals surface area contributed by atoms with Crippen molar-refractivity contribution in [2.45, 2.75) is 39.4 Å². The summed E-state index contributed by atoms with van der Waals surface area (Å²) in [6, 6.07) is 0. The fourth-order valence-corrected chi connectivity index (χ4v) is 4.17. The largest absolute Gasteiger partial charge is 0.460 e. The van der Waals surface area contributed by atoms with Crippen molar-refractivity contribution in [3.05, 3.63) is 0 Å². The lowest BCUT2D eigenvalue weighted by Crippen LogP contribution is -2.55. The van der Waals surface area contributed by atoms with Gasteiger partial charge in [-0.15, -0.1) is 0 Å². The molecule has 1 aliphatic heterocycles. The average Bonchev–Trinajstić information content (AvgIpc) is 2.70. The Morgan fingerprint density at radius 2 is 1.80 bits per heavy atom. The van der Waals surface area contributed by atoms with Crippen LogP contribution >= 0.6 is 0 Å². The van der Waals surface area contributed by atoms with E-state index < -0.39 is 0 Å². The van der Waals surface area contributed by atoms with E-state index in [0.717, 1.165) is 31.0 Å². The first-order valence-electron chi connectivity index (χ1n) is 6.34. The van der Waals surface area contributed by atoms with Crippen LogP contribution in [0.2, 0.25) is 5.82 Å². The molecule has 1 heterocycles. The van der Waals surface area contributed by atoms with Crippen LogP contribution in [0.5, 0.6) is 0 Å². The zero-order valence-corrected chi connectivity index (χ0v) is 10.0. The van der Waals surface area contributed by atoms with E-state index in [9.17, 15) is 0 Å². The maximum Gasteiger partial charge on any atom is 0.460 e. The predicted molar refractivity (Wildman–Crippen MR) is 60.6 cm³/mol. The van der Waals surface area contributed by atoms with Crippen molar-refractivity contribution in [3.8, 4) is 0 Å². The first-order chi connectivity index (χ1) is 7.10. The zero-order valence-electron chi connectivity index (χ0n) is 10.0. The normalized spacial score (nSPS) is 47.8. The van der Waals surface area contributed by atoms with Crippen LogP contribution in [-0.4, -0.2) is 20.3 Å². The first-order valence-corrected chi connectivity index (χ1v) is 6.34. The molecular weight excluding hydrogens is 187 g/mol. The van der Waals surface area contributed by atoms with E-state index >= 15 is 0 Å². The number of rotatable bonds is 1. The molecule has 4 atom stereocenters. The van der Waals surface area contributed by atoms with Gasteiger partial charge in [0.15, 0.2) is 0 Å². The average molecular weight is 208 g/mol. The van der Waals surface area contributed by atoms with Gasteiger partial charge in [-0.3, -0.25) is 0 Å². The second-order valence-corrected chi connectivity index (χ2v) is 6.23. The fourth-order valence-electron chi connectivity index (χ4n) is 4.17. The van der Waals surface area contributed by atoms with Gasteiger partial charge in [0.1, 0.15) is 0 Å². The molecule has 15 heavy (non-hydrogen) atoms. The molecule has 0 amide bonds. The summed E-state index contributed by atoms with van der Waals surface area (Å²) >= 11 is 0. The Morgan fingerprint density at radius 1 is 1.13 bits per heavy atom. The molecule has 0 N–H and O–H groups in total. The van der Waals surface area contributed by atoms with Gasteiger partial charge in [0.2, 0.25) is 0 Å². The molecular formula is C12H21BO2. The van der Waals surface area contributed by atoms with Crippen LogP contribution in [0.25, 0.3) is 0 Å². The molecule has 3 saturated carbocycles.